The molecule has 7 heteroatoms. The molecule has 2 heterocycles. The van der Waals surface area contributed by atoms with E-state index in [0.717, 1.165) is 23.1 Å². The van der Waals surface area contributed by atoms with E-state index in [1.807, 2.05) is 18.4 Å². The van der Waals surface area contributed by atoms with Crippen molar-refractivity contribution in [2.75, 3.05) is 5.73 Å². The summed E-state index contributed by atoms with van der Waals surface area (Å²) in [4.78, 5) is 21.8. The van der Waals surface area contributed by atoms with Crippen LogP contribution in [0.5, 0.6) is 0 Å². The number of carbonyl (C=O) groups is 1. The lowest BCUT2D eigenvalue weighted by atomic mass is 10.2. The van der Waals surface area contributed by atoms with Gasteiger partial charge in [0.05, 0.1) is 10.6 Å². The van der Waals surface area contributed by atoms with E-state index >= 15 is 0 Å². The predicted octanol–water partition coefficient (Wildman–Crippen LogP) is 2.81. The maximum atomic E-state index is 12.2. The van der Waals surface area contributed by atoms with Gasteiger partial charge < -0.3 is 11.1 Å². The summed E-state index contributed by atoms with van der Waals surface area (Å²) < 4.78 is 0. The van der Waals surface area contributed by atoms with Gasteiger partial charge in [-0.25, -0.2) is 9.97 Å². The molecular formula is C14H18N4OS2. The van der Waals surface area contributed by atoms with E-state index in [1.165, 1.54) is 35.9 Å². The molecule has 1 atom stereocenters. The van der Waals surface area contributed by atoms with Gasteiger partial charge in [0.1, 0.15) is 10.6 Å². The molecule has 3 N–H and O–H groups in total. The number of carbonyl (C=O) groups excluding carboxylic acids is 1. The smallest absolute Gasteiger partial charge is 0.233 e. The molecule has 21 heavy (non-hydrogen) atoms. The zero-order valence-corrected chi connectivity index (χ0v) is 13.5. The molecule has 1 amide bonds. The Morgan fingerprint density at radius 1 is 1.48 bits per heavy atom. The number of hydrogen-bond acceptors (Lipinski definition) is 6. The Morgan fingerprint density at radius 2 is 2.24 bits per heavy atom. The molecule has 0 bridgehead atoms. The number of nitrogen functional groups attached to an aromatic ring is 1. The van der Waals surface area contributed by atoms with E-state index in [2.05, 4.69) is 15.3 Å². The Hall–Kier alpha value is -1.34. The van der Waals surface area contributed by atoms with E-state index in [1.54, 1.807) is 0 Å². The van der Waals surface area contributed by atoms with Crippen molar-refractivity contribution in [3.8, 4) is 0 Å². The first kappa shape index (κ1) is 14.6. The fourth-order valence-electron chi connectivity index (χ4n) is 2.51. The summed E-state index contributed by atoms with van der Waals surface area (Å²) >= 11 is 2.89. The molecule has 1 aliphatic rings. The minimum atomic E-state index is -0.220. The quantitative estimate of drug-likeness (QED) is 0.668. The molecule has 1 saturated carbocycles. The maximum Gasteiger partial charge on any atom is 0.233 e. The highest BCUT2D eigenvalue weighted by Crippen LogP contribution is 2.28. The number of anilines is 1. The van der Waals surface area contributed by atoms with E-state index in [0.29, 0.717) is 17.0 Å². The molecule has 112 valence electrons. The molecule has 1 aliphatic carbocycles. The third kappa shape index (κ3) is 3.29. The van der Waals surface area contributed by atoms with Gasteiger partial charge in [0.15, 0.2) is 5.16 Å². The first-order valence-electron chi connectivity index (χ1n) is 7.11. The molecule has 0 spiro atoms. The maximum absolute atomic E-state index is 12.2. The number of hydrogen-bond donors (Lipinski definition) is 2. The number of rotatable bonds is 4. The third-order valence-corrected chi connectivity index (χ3v) is 5.45. The lowest BCUT2D eigenvalue weighted by Gasteiger charge is -2.15. The van der Waals surface area contributed by atoms with Gasteiger partial charge in [0, 0.05) is 6.04 Å². The number of thioether (sulfide) groups is 1. The highest BCUT2D eigenvalue weighted by molar-refractivity contribution is 8.00. The lowest BCUT2D eigenvalue weighted by Crippen LogP contribution is -2.37. The molecule has 0 aliphatic heterocycles. The average Bonchev–Trinajstić information content (AvgIpc) is 3.09. The van der Waals surface area contributed by atoms with Gasteiger partial charge in [-0.1, -0.05) is 24.6 Å². The topological polar surface area (TPSA) is 80.9 Å². The largest absolute Gasteiger partial charge is 0.383 e. The van der Waals surface area contributed by atoms with Gasteiger partial charge >= 0.3 is 0 Å². The van der Waals surface area contributed by atoms with Crippen LogP contribution in [0.1, 0.15) is 32.6 Å². The second kappa shape index (κ2) is 6.19. The van der Waals surface area contributed by atoms with Crippen molar-refractivity contribution in [2.45, 2.75) is 49.1 Å². The summed E-state index contributed by atoms with van der Waals surface area (Å²) in [5, 5.41) is 6.27. The Labute approximate surface area is 131 Å². The fraction of sp³-hybridized carbons (Fsp3) is 0.500. The molecular weight excluding hydrogens is 304 g/mol. The van der Waals surface area contributed by atoms with Crippen molar-refractivity contribution >= 4 is 45.0 Å². The van der Waals surface area contributed by atoms with Crippen LogP contribution in [-0.2, 0) is 4.79 Å². The summed E-state index contributed by atoms with van der Waals surface area (Å²) in [5.74, 6) is 0.535. The minimum absolute atomic E-state index is 0.0559. The summed E-state index contributed by atoms with van der Waals surface area (Å²) in [6, 6.07) is 2.26. The predicted molar refractivity (Wildman–Crippen MR) is 87.5 cm³/mol. The zero-order valence-electron chi connectivity index (χ0n) is 11.8. The number of nitrogens with zero attached hydrogens (tertiary/aromatic N) is 2. The SMILES string of the molecule is C[C@H](Sc1nc(N)c2ccsc2n1)C(=O)NC1CCCC1. The summed E-state index contributed by atoms with van der Waals surface area (Å²) in [7, 11) is 0. The number of thiophene rings is 1. The monoisotopic (exact) mass is 322 g/mol. The number of nitrogens with one attached hydrogen (secondary N) is 1. The minimum Gasteiger partial charge on any atom is -0.383 e. The van der Waals surface area contributed by atoms with Crippen LogP contribution < -0.4 is 11.1 Å². The average molecular weight is 322 g/mol. The molecule has 0 radical (unpaired) electrons. The molecule has 2 aromatic heterocycles. The van der Waals surface area contributed by atoms with Crippen molar-refractivity contribution < 1.29 is 4.79 Å². The van der Waals surface area contributed by atoms with Crippen molar-refractivity contribution in [1.82, 2.24) is 15.3 Å². The van der Waals surface area contributed by atoms with Crippen molar-refractivity contribution in [3.05, 3.63) is 11.4 Å². The van der Waals surface area contributed by atoms with Crippen LogP contribution in [0, 0.1) is 0 Å². The van der Waals surface area contributed by atoms with Crippen molar-refractivity contribution in [1.29, 1.82) is 0 Å². The molecule has 0 aromatic carbocycles. The van der Waals surface area contributed by atoms with Gasteiger partial charge in [0.2, 0.25) is 5.91 Å². The van der Waals surface area contributed by atoms with Crippen molar-refractivity contribution in [2.24, 2.45) is 0 Å². The Kier molecular flexibility index (Phi) is 4.30. The second-order valence-corrected chi connectivity index (χ2v) is 7.48. The molecule has 2 aromatic rings. The van der Waals surface area contributed by atoms with E-state index in [-0.39, 0.29) is 11.2 Å². The number of aromatic nitrogens is 2. The van der Waals surface area contributed by atoms with Crippen LogP contribution in [0.4, 0.5) is 5.82 Å². The fourth-order valence-corrected chi connectivity index (χ4v) is 4.13. The first-order chi connectivity index (χ1) is 10.1. The van der Waals surface area contributed by atoms with E-state index < -0.39 is 0 Å². The van der Waals surface area contributed by atoms with Crippen LogP contribution in [0.2, 0.25) is 0 Å². The van der Waals surface area contributed by atoms with Crippen molar-refractivity contribution in [3.63, 3.8) is 0 Å². The van der Waals surface area contributed by atoms with Crippen LogP contribution >= 0.6 is 23.1 Å². The van der Waals surface area contributed by atoms with E-state index in [4.69, 9.17) is 5.73 Å². The first-order valence-corrected chi connectivity index (χ1v) is 8.87. The molecule has 3 rings (SSSR count). The third-order valence-electron chi connectivity index (χ3n) is 3.69. The summed E-state index contributed by atoms with van der Waals surface area (Å²) in [6.07, 6.45) is 4.60. The van der Waals surface area contributed by atoms with Gasteiger partial charge in [-0.3, -0.25) is 4.79 Å². The highest BCUT2D eigenvalue weighted by Gasteiger charge is 2.22. The van der Waals surface area contributed by atoms with Crippen LogP contribution in [0.3, 0.4) is 0 Å². The summed E-state index contributed by atoms with van der Waals surface area (Å²) in [6.45, 7) is 1.88. The van der Waals surface area contributed by atoms with Crippen LogP contribution in [0.15, 0.2) is 16.6 Å². The van der Waals surface area contributed by atoms with Crippen LogP contribution in [-0.4, -0.2) is 27.2 Å². The Morgan fingerprint density at radius 3 is 3.00 bits per heavy atom. The normalized spacial score (nSPS) is 17.2. The van der Waals surface area contributed by atoms with Crippen LogP contribution in [0.25, 0.3) is 10.2 Å². The summed E-state index contributed by atoms with van der Waals surface area (Å²) in [5.41, 5.74) is 5.93. The van der Waals surface area contributed by atoms with E-state index in [9.17, 15) is 4.79 Å². The molecule has 1 fully saturated rings. The Balaban J connectivity index is 1.67. The molecule has 0 saturated heterocycles. The lowest BCUT2D eigenvalue weighted by molar-refractivity contribution is -0.120. The number of nitrogens with two attached hydrogens (primary N) is 1. The number of fused-ring (bicyclic) bond motifs is 1. The van der Waals surface area contributed by atoms with Gasteiger partial charge in [-0.15, -0.1) is 11.3 Å². The molecule has 0 unspecified atom stereocenters. The highest BCUT2D eigenvalue weighted by atomic mass is 32.2. The number of amides is 1. The van der Waals surface area contributed by atoms with Gasteiger partial charge in [-0.05, 0) is 31.2 Å². The standard InChI is InChI=1S/C14H18N4OS2/c1-8(12(19)16-9-4-2-3-5-9)21-14-17-11(15)10-6-7-20-13(10)18-14/h6-9H,2-5H2,1H3,(H,16,19)(H2,15,17,18)/t8-/m0/s1. The zero-order chi connectivity index (χ0) is 14.8. The van der Waals surface area contributed by atoms with Gasteiger partial charge in [-0.2, -0.15) is 0 Å². The second-order valence-electron chi connectivity index (χ2n) is 5.28. The van der Waals surface area contributed by atoms with Gasteiger partial charge in [0.25, 0.3) is 0 Å². The Bertz CT molecular complexity index is 651. The molecule has 5 nitrogen and oxygen atoms in total.